The summed E-state index contributed by atoms with van der Waals surface area (Å²) in [6.45, 7) is 2.10. The van der Waals surface area contributed by atoms with Crippen LogP contribution in [0.1, 0.15) is 44.2 Å². The Hall–Kier alpha value is -1.95. The number of esters is 1. The summed E-state index contributed by atoms with van der Waals surface area (Å²) in [6.07, 6.45) is 4.95. The van der Waals surface area contributed by atoms with Gasteiger partial charge in [-0.05, 0) is 25.3 Å². The Morgan fingerprint density at radius 3 is 2.64 bits per heavy atom. The van der Waals surface area contributed by atoms with Gasteiger partial charge in [0.1, 0.15) is 0 Å². The first-order chi connectivity index (χ1) is 12.2. The van der Waals surface area contributed by atoms with Gasteiger partial charge in [0.25, 0.3) is 0 Å². The summed E-state index contributed by atoms with van der Waals surface area (Å²) in [5.41, 5.74) is 2.06. The minimum absolute atomic E-state index is 0.274. The second kappa shape index (κ2) is 8.43. The molecular weight excluding hydrogens is 336 g/mol. The predicted octanol–water partition coefficient (Wildman–Crippen LogP) is 3.53. The van der Waals surface area contributed by atoms with E-state index in [-0.39, 0.29) is 12.0 Å². The van der Waals surface area contributed by atoms with Crippen molar-refractivity contribution < 1.29 is 14.3 Å². The standard InChI is InChI=1S/C19H24N2O3S/c1-2-24-18(22)16-15(12-25-14-10-6-7-11-14)20-19(23)21-17(16)13-8-4-3-5-9-13/h3-5,8-9,14,17H,2,6-7,10-12H2,1H3,(H2,20,21,23)/t17-/m1/s1. The van der Waals surface area contributed by atoms with Crippen molar-refractivity contribution in [3.05, 3.63) is 47.2 Å². The highest BCUT2D eigenvalue weighted by Crippen LogP contribution is 2.33. The summed E-state index contributed by atoms with van der Waals surface area (Å²) in [4.78, 5) is 24.8. The average molecular weight is 360 g/mol. The summed E-state index contributed by atoms with van der Waals surface area (Å²) in [6, 6.07) is 8.79. The Balaban J connectivity index is 1.90. The van der Waals surface area contributed by atoms with Crippen LogP contribution in [0.5, 0.6) is 0 Å². The van der Waals surface area contributed by atoms with Crippen LogP contribution >= 0.6 is 11.8 Å². The van der Waals surface area contributed by atoms with Gasteiger partial charge in [0, 0.05) is 16.7 Å². The Morgan fingerprint density at radius 2 is 1.96 bits per heavy atom. The molecule has 25 heavy (non-hydrogen) atoms. The topological polar surface area (TPSA) is 67.4 Å². The van der Waals surface area contributed by atoms with Crippen LogP contribution in [-0.2, 0) is 9.53 Å². The third-order valence-electron chi connectivity index (χ3n) is 4.55. The van der Waals surface area contributed by atoms with Crippen molar-refractivity contribution in [1.29, 1.82) is 0 Å². The SMILES string of the molecule is CCOC(=O)C1=C(CSC2CCCC2)NC(=O)N[C@@H]1c1ccccc1. The van der Waals surface area contributed by atoms with Gasteiger partial charge in [0.2, 0.25) is 0 Å². The third kappa shape index (κ3) is 4.37. The molecule has 3 rings (SSSR count). The van der Waals surface area contributed by atoms with Crippen molar-refractivity contribution in [2.24, 2.45) is 0 Å². The van der Waals surface area contributed by atoms with Gasteiger partial charge in [0.05, 0.1) is 18.2 Å². The highest BCUT2D eigenvalue weighted by molar-refractivity contribution is 8.00. The Labute approximate surface area is 152 Å². The van der Waals surface area contributed by atoms with Gasteiger partial charge in [0.15, 0.2) is 0 Å². The molecule has 1 atom stereocenters. The number of carbonyl (C=O) groups is 2. The van der Waals surface area contributed by atoms with Crippen LogP contribution < -0.4 is 10.6 Å². The molecule has 1 aromatic rings. The summed E-state index contributed by atoms with van der Waals surface area (Å²) >= 11 is 1.82. The van der Waals surface area contributed by atoms with Crippen molar-refractivity contribution in [3.63, 3.8) is 0 Å². The fourth-order valence-corrected chi connectivity index (χ4v) is 4.63. The van der Waals surface area contributed by atoms with E-state index in [1.807, 2.05) is 42.1 Å². The van der Waals surface area contributed by atoms with E-state index in [1.165, 1.54) is 25.7 Å². The molecule has 1 aromatic carbocycles. The number of rotatable bonds is 6. The molecule has 1 aliphatic carbocycles. The lowest BCUT2D eigenvalue weighted by atomic mass is 9.95. The highest BCUT2D eigenvalue weighted by atomic mass is 32.2. The Bertz CT molecular complexity index is 654. The van der Waals surface area contributed by atoms with Gasteiger partial charge in [-0.1, -0.05) is 43.2 Å². The molecule has 0 aromatic heterocycles. The highest BCUT2D eigenvalue weighted by Gasteiger charge is 2.33. The van der Waals surface area contributed by atoms with Crippen molar-refractivity contribution in [2.75, 3.05) is 12.4 Å². The van der Waals surface area contributed by atoms with E-state index in [9.17, 15) is 9.59 Å². The monoisotopic (exact) mass is 360 g/mol. The number of hydrogen-bond acceptors (Lipinski definition) is 4. The molecule has 0 unspecified atom stereocenters. The largest absolute Gasteiger partial charge is 0.463 e. The summed E-state index contributed by atoms with van der Waals surface area (Å²) in [5.74, 6) is 0.251. The maximum absolute atomic E-state index is 12.6. The molecule has 134 valence electrons. The molecule has 2 amide bonds. The van der Waals surface area contributed by atoms with Gasteiger partial charge in [-0.25, -0.2) is 9.59 Å². The molecule has 2 aliphatic rings. The van der Waals surface area contributed by atoms with Crippen LogP contribution in [0.25, 0.3) is 0 Å². The molecule has 6 heteroatoms. The van der Waals surface area contributed by atoms with Crippen molar-refractivity contribution in [1.82, 2.24) is 10.6 Å². The molecule has 0 bridgehead atoms. The maximum Gasteiger partial charge on any atom is 0.338 e. The van der Waals surface area contributed by atoms with Crippen LogP contribution in [0.2, 0.25) is 0 Å². The normalized spacial score (nSPS) is 21.0. The number of amides is 2. The molecular formula is C19H24N2O3S. The van der Waals surface area contributed by atoms with E-state index in [2.05, 4.69) is 10.6 Å². The van der Waals surface area contributed by atoms with E-state index >= 15 is 0 Å². The lowest BCUT2D eigenvalue weighted by Gasteiger charge is -2.29. The molecule has 0 saturated heterocycles. The van der Waals surface area contributed by atoms with Crippen LogP contribution in [0, 0.1) is 0 Å². The first-order valence-corrected chi connectivity index (χ1v) is 9.88. The average Bonchev–Trinajstić information content (AvgIpc) is 3.14. The zero-order chi connectivity index (χ0) is 17.6. The van der Waals surface area contributed by atoms with Gasteiger partial charge < -0.3 is 15.4 Å². The second-order valence-electron chi connectivity index (χ2n) is 6.27. The van der Waals surface area contributed by atoms with Gasteiger partial charge >= 0.3 is 12.0 Å². The van der Waals surface area contributed by atoms with E-state index in [0.29, 0.717) is 28.9 Å². The lowest BCUT2D eigenvalue weighted by Crippen LogP contribution is -2.46. The van der Waals surface area contributed by atoms with Crippen molar-refractivity contribution in [2.45, 2.75) is 43.9 Å². The molecule has 0 radical (unpaired) electrons. The number of urea groups is 1. The number of thioether (sulfide) groups is 1. The third-order valence-corrected chi connectivity index (χ3v) is 5.95. The van der Waals surface area contributed by atoms with Crippen LogP contribution in [0.4, 0.5) is 4.79 Å². The van der Waals surface area contributed by atoms with Gasteiger partial charge in [-0.3, -0.25) is 0 Å². The number of hydrogen-bond donors (Lipinski definition) is 2. The van der Waals surface area contributed by atoms with E-state index < -0.39 is 6.04 Å². The molecule has 1 saturated carbocycles. The first kappa shape index (κ1) is 17.9. The van der Waals surface area contributed by atoms with Crippen LogP contribution in [0.3, 0.4) is 0 Å². The minimum atomic E-state index is -0.479. The fraction of sp³-hybridized carbons (Fsp3) is 0.474. The molecule has 1 fully saturated rings. The predicted molar refractivity (Wildman–Crippen MR) is 99.2 cm³/mol. The maximum atomic E-state index is 12.6. The molecule has 1 aliphatic heterocycles. The lowest BCUT2D eigenvalue weighted by molar-refractivity contribution is -0.139. The zero-order valence-electron chi connectivity index (χ0n) is 14.4. The smallest absolute Gasteiger partial charge is 0.338 e. The molecule has 5 nitrogen and oxygen atoms in total. The van der Waals surface area contributed by atoms with Crippen LogP contribution in [0.15, 0.2) is 41.6 Å². The number of nitrogens with one attached hydrogen (secondary N) is 2. The Morgan fingerprint density at radius 1 is 1.24 bits per heavy atom. The molecule has 2 N–H and O–H groups in total. The molecule has 0 spiro atoms. The Kier molecular flexibility index (Phi) is 6.02. The second-order valence-corrected chi connectivity index (χ2v) is 7.56. The van der Waals surface area contributed by atoms with Gasteiger partial charge in [-0.15, -0.1) is 0 Å². The summed E-state index contributed by atoms with van der Waals surface area (Å²) < 4.78 is 5.27. The zero-order valence-corrected chi connectivity index (χ0v) is 15.2. The minimum Gasteiger partial charge on any atom is -0.463 e. The van der Waals surface area contributed by atoms with E-state index in [0.717, 1.165) is 5.56 Å². The fourth-order valence-electron chi connectivity index (χ4n) is 3.33. The van der Waals surface area contributed by atoms with E-state index in [4.69, 9.17) is 4.74 Å². The summed E-state index contributed by atoms with van der Waals surface area (Å²) in [7, 11) is 0. The quantitative estimate of drug-likeness (QED) is 0.762. The number of carbonyl (C=O) groups excluding carboxylic acids is 2. The summed E-state index contributed by atoms with van der Waals surface area (Å²) in [5, 5.41) is 6.31. The number of benzene rings is 1. The number of ether oxygens (including phenoxy) is 1. The first-order valence-electron chi connectivity index (χ1n) is 8.83. The van der Waals surface area contributed by atoms with Crippen LogP contribution in [-0.4, -0.2) is 29.6 Å². The molecule has 1 heterocycles. The van der Waals surface area contributed by atoms with Gasteiger partial charge in [-0.2, -0.15) is 11.8 Å². The van der Waals surface area contributed by atoms with Crippen molar-refractivity contribution in [3.8, 4) is 0 Å². The van der Waals surface area contributed by atoms with E-state index in [1.54, 1.807) is 6.92 Å². The van der Waals surface area contributed by atoms with Crippen molar-refractivity contribution >= 4 is 23.8 Å².